The molecule has 1 aliphatic carbocycles. The molecule has 0 spiro atoms. The summed E-state index contributed by atoms with van der Waals surface area (Å²) in [5, 5.41) is 0. The van der Waals surface area contributed by atoms with Crippen molar-refractivity contribution in [1.29, 1.82) is 0 Å². The number of piperidine rings is 1. The Morgan fingerprint density at radius 2 is 2.06 bits per heavy atom. The Morgan fingerprint density at radius 1 is 1.33 bits per heavy atom. The lowest BCUT2D eigenvalue weighted by Gasteiger charge is -2.20. The van der Waals surface area contributed by atoms with Gasteiger partial charge in [-0.3, -0.25) is 4.79 Å². The van der Waals surface area contributed by atoms with E-state index < -0.39 is 11.7 Å². The number of fused-ring (bicyclic) bond motifs is 1. The second-order valence-corrected chi connectivity index (χ2v) is 4.76. The first-order valence-corrected chi connectivity index (χ1v) is 5.64. The quantitative estimate of drug-likeness (QED) is 0.830. The number of anilines is 1. The smallest absolute Gasteiger partial charge is 0.327 e. The van der Waals surface area contributed by atoms with Gasteiger partial charge >= 0.3 is 6.18 Å². The number of benzene rings is 1. The van der Waals surface area contributed by atoms with Crippen molar-refractivity contribution < 1.29 is 18.0 Å². The van der Waals surface area contributed by atoms with E-state index in [0.29, 0.717) is 12.2 Å². The third-order valence-corrected chi connectivity index (χ3v) is 3.66. The van der Waals surface area contributed by atoms with E-state index in [4.69, 9.17) is 5.73 Å². The number of nitrogens with zero attached hydrogens (tertiary/aromatic N) is 1. The van der Waals surface area contributed by atoms with Gasteiger partial charge in [-0.05, 0) is 18.2 Å². The van der Waals surface area contributed by atoms with Gasteiger partial charge in [0.2, 0.25) is 5.91 Å². The van der Waals surface area contributed by atoms with Gasteiger partial charge in [0.1, 0.15) is 0 Å². The molecule has 96 valence electrons. The zero-order chi connectivity index (χ0) is 13.1. The molecule has 1 aromatic carbocycles. The van der Waals surface area contributed by atoms with Crippen molar-refractivity contribution >= 4 is 11.6 Å². The van der Waals surface area contributed by atoms with Crippen LogP contribution < -0.4 is 10.6 Å². The van der Waals surface area contributed by atoms with E-state index in [0.717, 1.165) is 12.1 Å². The average Bonchev–Trinajstić information content (AvgIpc) is 2.79. The van der Waals surface area contributed by atoms with Gasteiger partial charge in [-0.2, -0.15) is 13.2 Å². The summed E-state index contributed by atoms with van der Waals surface area (Å²) in [6.45, 7) is 0.423. The van der Waals surface area contributed by atoms with E-state index >= 15 is 0 Å². The molecule has 3 rings (SSSR count). The molecule has 0 bridgehead atoms. The number of carbonyl (C=O) groups is 1. The van der Waals surface area contributed by atoms with Gasteiger partial charge < -0.3 is 10.6 Å². The van der Waals surface area contributed by atoms with Crippen LogP contribution >= 0.6 is 0 Å². The Labute approximate surface area is 101 Å². The first-order chi connectivity index (χ1) is 8.39. The second kappa shape index (κ2) is 3.47. The first kappa shape index (κ1) is 11.5. The van der Waals surface area contributed by atoms with E-state index in [2.05, 4.69) is 0 Å². The van der Waals surface area contributed by atoms with Crippen LogP contribution in [0, 0.1) is 11.8 Å². The molecule has 2 fully saturated rings. The van der Waals surface area contributed by atoms with Crippen molar-refractivity contribution in [2.45, 2.75) is 12.2 Å². The number of hydrogen-bond donors (Lipinski definition) is 1. The van der Waals surface area contributed by atoms with Crippen molar-refractivity contribution in [3.8, 4) is 0 Å². The maximum atomic E-state index is 12.6. The van der Waals surface area contributed by atoms with Crippen LogP contribution in [0.15, 0.2) is 24.3 Å². The predicted octanol–water partition coefficient (Wildman–Crippen LogP) is 1.63. The molecule has 1 aromatic rings. The van der Waals surface area contributed by atoms with Gasteiger partial charge in [-0.1, -0.05) is 6.07 Å². The van der Waals surface area contributed by atoms with E-state index in [1.165, 1.54) is 17.0 Å². The molecule has 3 nitrogen and oxygen atoms in total. The lowest BCUT2D eigenvalue weighted by molar-refractivity contribution is -0.137. The third kappa shape index (κ3) is 1.59. The fourth-order valence-electron chi connectivity index (χ4n) is 2.55. The number of nitrogens with two attached hydrogens (primary N) is 1. The monoisotopic (exact) mass is 256 g/mol. The number of amides is 1. The molecule has 18 heavy (non-hydrogen) atoms. The van der Waals surface area contributed by atoms with E-state index in [9.17, 15) is 18.0 Å². The van der Waals surface area contributed by atoms with Crippen molar-refractivity contribution in [1.82, 2.24) is 0 Å². The van der Waals surface area contributed by atoms with Crippen LogP contribution in [0.25, 0.3) is 0 Å². The molecule has 0 radical (unpaired) electrons. The summed E-state index contributed by atoms with van der Waals surface area (Å²) in [6.07, 6.45) is -4.39. The first-order valence-electron chi connectivity index (χ1n) is 5.64. The highest BCUT2D eigenvalue weighted by Gasteiger charge is 2.60. The lowest BCUT2D eigenvalue weighted by atomic mass is 10.1. The topological polar surface area (TPSA) is 46.3 Å². The summed E-state index contributed by atoms with van der Waals surface area (Å²) in [7, 11) is 0. The Balaban J connectivity index is 1.88. The molecule has 1 saturated carbocycles. The minimum atomic E-state index is -4.39. The van der Waals surface area contributed by atoms with Gasteiger partial charge in [-0.25, -0.2) is 0 Å². The summed E-state index contributed by atoms with van der Waals surface area (Å²) in [5.41, 5.74) is 5.24. The molecule has 3 unspecified atom stereocenters. The standard InChI is InChI=1S/C12H11F3N2O/c13-12(14,15)6-2-1-3-7(4-6)17-5-8-9(10(8)16)11(17)18/h1-4,8-10H,5,16H2. The van der Waals surface area contributed by atoms with Gasteiger partial charge in [0, 0.05) is 24.2 Å². The maximum Gasteiger partial charge on any atom is 0.416 e. The minimum absolute atomic E-state index is 0.104. The molecule has 6 heteroatoms. The molecule has 1 saturated heterocycles. The molecule has 3 atom stereocenters. The Hall–Kier alpha value is -1.56. The van der Waals surface area contributed by atoms with Crippen molar-refractivity contribution in [3.05, 3.63) is 29.8 Å². The summed E-state index contributed by atoms with van der Waals surface area (Å²) in [6, 6.07) is 4.73. The third-order valence-electron chi connectivity index (χ3n) is 3.66. The number of carbonyl (C=O) groups excluding carboxylic acids is 1. The summed E-state index contributed by atoms with van der Waals surface area (Å²) in [5.74, 6) is -0.251. The fraction of sp³-hybridized carbons (Fsp3) is 0.417. The number of hydrogen-bond acceptors (Lipinski definition) is 2. The van der Waals surface area contributed by atoms with E-state index in [1.54, 1.807) is 0 Å². The van der Waals surface area contributed by atoms with Crippen LogP contribution in [0.1, 0.15) is 5.56 Å². The number of rotatable bonds is 1. The summed E-state index contributed by atoms with van der Waals surface area (Å²) >= 11 is 0. The highest BCUT2D eigenvalue weighted by molar-refractivity contribution is 6.01. The van der Waals surface area contributed by atoms with E-state index in [1.807, 2.05) is 0 Å². The molecule has 1 heterocycles. The zero-order valence-electron chi connectivity index (χ0n) is 9.32. The molecule has 1 aliphatic heterocycles. The largest absolute Gasteiger partial charge is 0.416 e. The highest BCUT2D eigenvalue weighted by Crippen LogP contribution is 2.46. The highest BCUT2D eigenvalue weighted by atomic mass is 19.4. The van der Waals surface area contributed by atoms with Gasteiger partial charge in [0.25, 0.3) is 0 Å². The minimum Gasteiger partial charge on any atom is -0.327 e. The van der Waals surface area contributed by atoms with E-state index in [-0.39, 0.29) is 23.8 Å². The summed E-state index contributed by atoms with van der Waals surface area (Å²) < 4.78 is 37.7. The average molecular weight is 256 g/mol. The molecular weight excluding hydrogens is 245 g/mol. The normalized spacial score (nSPS) is 30.6. The van der Waals surface area contributed by atoms with Crippen LogP contribution in [0.3, 0.4) is 0 Å². The Morgan fingerprint density at radius 3 is 2.61 bits per heavy atom. The van der Waals surface area contributed by atoms with Crippen LogP contribution in [-0.2, 0) is 11.0 Å². The maximum absolute atomic E-state index is 12.6. The predicted molar refractivity (Wildman–Crippen MR) is 58.8 cm³/mol. The molecule has 2 aliphatic rings. The van der Waals surface area contributed by atoms with Crippen molar-refractivity contribution in [2.75, 3.05) is 11.4 Å². The van der Waals surface area contributed by atoms with Gasteiger partial charge in [0.05, 0.1) is 11.5 Å². The fourth-order valence-corrected chi connectivity index (χ4v) is 2.55. The van der Waals surface area contributed by atoms with Crippen LogP contribution in [0.2, 0.25) is 0 Å². The Bertz CT molecular complexity index is 514. The molecule has 1 amide bonds. The lowest BCUT2D eigenvalue weighted by Crippen LogP contribution is -2.33. The van der Waals surface area contributed by atoms with Crippen molar-refractivity contribution in [2.24, 2.45) is 17.6 Å². The second-order valence-electron chi connectivity index (χ2n) is 4.76. The SMILES string of the molecule is NC1C2CN(c3cccc(C(F)(F)F)c3)C(=O)C12. The van der Waals surface area contributed by atoms with Crippen LogP contribution in [0.4, 0.5) is 18.9 Å². The summed E-state index contributed by atoms with van der Waals surface area (Å²) in [4.78, 5) is 13.3. The Kier molecular flexibility index (Phi) is 2.22. The zero-order valence-corrected chi connectivity index (χ0v) is 9.32. The molecular formula is C12H11F3N2O. The number of halogens is 3. The van der Waals surface area contributed by atoms with Gasteiger partial charge in [0.15, 0.2) is 0 Å². The van der Waals surface area contributed by atoms with Crippen molar-refractivity contribution in [3.63, 3.8) is 0 Å². The molecule has 0 aromatic heterocycles. The molecule has 2 N–H and O–H groups in total. The van der Waals surface area contributed by atoms with Gasteiger partial charge in [-0.15, -0.1) is 0 Å². The van der Waals surface area contributed by atoms with Crippen LogP contribution in [0.5, 0.6) is 0 Å². The van der Waals surface area contributed by atoms with Crippen LogP contribution in [-0.4, -0.2) is 18.5 Å². The number of alkyl halides is 3.